The first-order valence-corrected chi connectivity index (χ1v) is 18.5. The Labute approximate surface area is 303 Å². The quantitative estimate of drug-likeness (QED) is 0.0345. The second-order valence-electron chi connectivity index (χ2n) is 12.2. The Morgan fingerprint density at radius 2 is 1.02 bits per heavy atom. The molecule has 2 aromatic carbocycles. The van der Waals surface area contributed by atoms with Gasteiger partial charge in [-0.05, 0) is 61.1 Å². The van der Waals surface area contributed by atoms with E-state index in [1.165, 1.54) is 63.9 Å². The molecule has 268 valence electrons. The smallest absolute Gasteiger partial charge is 0.336 e. The van der Waals surface area contributed by atoms with Crippen LogP contribution in [0, 0.1) is 0 Å². The molecule has 0 aliphatic heterocycles. The van der Waals surface area contributed by atoms with E-state index in [0.717, 1.165) is 53.9 Å². The van der Waals surface area contributed by atoms with Gasteiger partial charge in [-0.15, -0.1) is 0 Å². The van der Waals surface area contributed by atoms with Gasteiger partial charge in [0.15, 0.2) is 0 Å². The van der Waals surface area contributed by atoms with E-state index in [4.69, 9.17) is 14.2 Å². The summed E-state index contributed by atoms with van der Waals surface area (Å²) in [7, 11) is 3.38. The minimum atomic E-state index is -0.384. The summed E-state index contributed by atoms with van der Waals surface area (Å²) in [5.74, 6) is 1.92. The third-order valence-electron chi connectivity index (χ3n) is 8.09. The van der Waals surface area contributed by atoms with E-state index in [0.29, 0.717) is 5.75 Å². The first kappa shape index (κ1) is 41.6. The molecule has 0 radical (unpaired) electrons. The molecule has 2 aromatic rings. The fraction of sp³-hybridized carbons (Fsp3) is 0.370. The summed E-state index contributed by atoms with van der Waals surface area (Å²) in [5.41, 5.74) is 3.26. The Kier molecular flexibility index (Phi) is 23.5. The highest BCUT2D eigenvalue weighted by Gasteiger charge is 2.15. The average molecular weight is 677 g/mol. The van der Waals surface area contributed by atoms with Gasteiger partial charge in [0.05, 0.1) is 14.2 Å². The second-order valence-corrected chi connectivity index (χ2v) is 12.2. The Morgan fingerprint density at radius 1 is 0.540 bits per heavy atom. The van der Waals surface area contributed by atoms with Crippen molar-refractivity contribution in [3.63, 3.8) is 0 Å². The van der Waals surface area contributed by atoms with Gasteiger partial charge in [0, 0.05) is 11.6 Å². The lowest BCUT2D eigenvalue weighted by Gasteiger charge is -2.16. The lowest BCUT2D eigenvalue weighted by atomic mass is 9.99. The number of carbonyl (C=O) groups is 1. The summed E-state index contributed by atoms with van der Waals surface area (Å²) in [6.07, 6.45) is 45.8. The number of rotatable bonds is 25. The fourth-order valence-corrected chi connectivity index (χ4v) is 5.28. The molecule has 0 spiro atoms. The molecule has 0 unspecified atom stereocenters. The first-order valence-electron chi connectivity index (χ1n) is 18.5. The van der Waals surface area contributed by atoms with Gasteiger partial charge < -0.3 is 14.2 Å². The number of allylic oxidation sites excluding steroid dienone is 14. The molecule has 0 aliphatic rings. The number of hydrogen-bond acceptors (Lipinski definition) is 4. The minimum Gasteiger partial charge on any atom is -0.497 e. The number of aryl methyl sites for hydroxylation is 1. The number of unbranched alkanes of at least 4 members (excludes halogenated alkanes) is 9. The van der Waals surface area contributed by atoms with Gasteiger partial charge in [-0.2, -0.15) is 0 Å². The van der Waals surface area contributed by atoms with E-state index in [2.05, 4.69) is 19.9 Å². The molecule has 0 saturated heterocycles. The largest absolute Gasteiger partial charge is 0.497 e. The normalized spacial score (nSPS) is 12.5. The van der Waals surface area contributed by atoms with E-state index < -0.39 is 0 Å². The predicted octanol–water partition coefficient (Wildman–Crippen LogP) is 12.6. The van der Waals surface area contributed by atoms with Crippen LogP contribution < -0.4 is 14.2 Å². The first-order chi connectivity index (χ1) is 24.6. The van der Waals surface area contributed by atoms with Crippen LogP contribution in [0.1, 0.15) is 101 Å². The molecule has 0 N–H and O–H groups in total. The zero-order valence-electron chi connectivity index (χ0n) is 31.0. The van der Waals surface area contributed by atoms with Crippen molar-refractivity contribution in [1.82, 2.24) is 0 Å². The molecular weight excluding hydrogens is 617 g/mol. The van der Waals surface area contributed by atoms with Crippen LogP contribution in [0.15, 0.2) is 128 Å². The number of carbonyl (C=O) groups excluding carboxylic acids is 1. The third-order valence-corrected chi connectivity index (χ3v) is 8.09. The molecule has 4 heteroatoms. The van der Waals surface area contributed by atoms with Gasteiger partial charge in [0.25, 0.3) is 0 Å². The summed E-state index contributed by atoms with van der Waals surface area (Å²) in [5, 5.41) is 0. The van der Waals surface area contributed by atoms with Crippen molar-refractivity contribution < 1.29 is 19.0 Å². The van der Waals surface area contributed by atoms with Gasteiger partial charge in [-0.25, -0.2) is 4.79 Å². The zero-order valence-corrected chi connectivity index (χ0v) is 31.0. The van der Waals surface area contributed by atoms with Crippen molar-refractivity contribution in [3.8, 4) is 17.2 Å². The van der Waals surface area contributed by atoms with Crippen LogP contribution in [-0.2, 0) is 17.6 Å². The molecule has 0 heterocycles. The van der Waals surface area contributed by atoms with E-state index in [-0.39, 0.29) is 5.97 Å². The minimum absolute atomic E-state index is 0.384. The molecule has 2 rings (SSSR count). The molecular formula is C46H60O4. The van der Waals surface area contributed by atoms with Crippen molar-refractivity contribution in [3.05, 3.63) is 144 Å². The highest BCUT2D eigenvalue weighted by atomic mass is 16.5. The Balaban J connectivity index is 1.83. The molecule has 0 amide bonds. The van der Waals surface area contributed by atoms with E-state index >= 15 is 0 Å². The lowest BCUT2D eigenvalue weighted by molar-refractivity contribution is -0.129. The molecule has 0 aromatic heterocycles. The summed E-state index contributed by atoms with van der Waals surface area (Å²) in [4.78, 5) is 12.8. The standard InChI is InChI=1S/C46H60O4/c1-5-7-9-10-11-21-24-28-32-43-44(49-4)38-41(31-26-8-6-2)39-45(43)50-46(47)33-29-25-22-19-17-15-13-12-14-16-18-20-23-27-30-40-34-36-42(48-3)37-35-40/h12-20,22-23,25,27,29-30,33-39H,5-11,21,24,26,28,31-32H2,1-4H3/b14-12+,15-13+,18-16+,19-17+,23-20+,25-22+,30-27+,33-29+. The number of esters is 1. The van der Waals surface area contributed by atoms with Crippen LogP contribution in [0.2, 0.25) is 0 Å². The van der Waals surface area contributed by atoms with Crippen molar-refractivity contribution in [2.24, 2.45) is 0 Å². The van der Waals surface area contributed by atoms with Gasteiger partial charge in [0.1, 0.15) is 17.2 Å². The van der Waals surface area contributed by atoms with E-state index in [1.54, 1.807) is 20.3 Å². The Bertz CT molecular complexity index is 1450. The van der Waals surface area contributed by atoms with Crippen LogP contribution in [0.25, 0.3) is 6.08 Å². The summed E-state index contributed by atoms with van der Waals surface area (Å²) in [6, 6.07) is 12.1. The number of hydrogen-bond donors (Lipinski definition) is 0. The summed E-state index contributed by atoms with van der Waals surface area (Å²) >= 11 is 0. The molecule has 50 heavy (non-hydrogen) atoms. The Morgan fingerprint density at radius 3 is 1.58 bits per heavy atom. The van der Waals surface area contributed by atoms with Crippen LogP contribution in [0.3, 0.4) is 0 Å². The molecule has 0 aliphatic carbocycles. The van der Waals surface area contributed by atoms with Crippen molar-refractivity contribution in [2.45, 2.75) is 97.3 Å². The van der Waals surface area contributed by atoms with Crippen LogP contribution >= 0.6 is 0 Å². The van der Waals surface area contributed by atoms with Gasteiger partial charge >= 0.3 is 5.97 Å². The molecule has 4 nitrogen and oxygen atoms in total. The van der Waals surface area contributed by atoms with Crippen molar-refractivity contribution in [2.75, 3.05) is 14.2 Å². The van der Waals surface area contributed by atoms with Gasteiger partial charge in [-0.3, -0.25) is 0 Å². The molecule has 0 atom stereocenters. The SMILES string of the molecule is CCCCCCCCCCc1c(OC)cc(CCCCC)cc1OC(=O)/C=C/C=C/C=C/C=C/C=C/C=C/C=C/C=C/c1ccc(OC)cc1. The monoisotopic (exact) mass is 676 g/mol. The van der Waals surface area contributed by atoms with Crippen LogP contribution in [0.5, 0.6) is 17.2 Å². The second kappa shape index (κ2) is 28.3. The van der Waals surface area contributed by atoms with Crippen LogP contribution in [0.4, 0.5) is 0 Å². The number of methoxy groups -OCH3 is 2. The Hall–Kier alpha value is -4.57. The van der Waals surface area contributed by atoms with Gasteiger partial charge in [-0.1, -0.05) is 175 Å². The highest BCUT2D eigenvalue weighted by Crippen LogP contribution is 2.33. The molecule has 0 saturated carbocycles. The maximum atomic E-state index is 12.8. The topological polar surface area (TPSA) is 44.8 Å². The van der Waals surface area contributed by atoms with E-state index in [9.17, 15) is 4.79 Å². The number of ether oxygens (including phenoxy) is 3. The molecule has 0 bridgehead atoms. The van der Waals surface area contributed by atoms with E-state index in [1.807, 2.05) is 115 Å². The predicted molar refractivity (Wildman–Crippen MR) is 214 cm³/mol. The van der Waals surface area contributed by atoms with Gasteiger partial charge in [0.2, 0.25) is 0 Å². The average Bonchev–Trinajstić information content (AvgIpc) is 3.13. The van der Waals surface area contributed by atoms with Crippen molar-refractivity contribution >= 4 is 12.0 Å². The maximum absolute atomic E-state index is 12.8. The summed E-state index contributed by atoms with van der Waals surface area (Å²) < 4.78 is 16.9. The fourth-order valence-electron chi connectivity index (χ4n) is 5.28. The highest BCUT2D eigenvalue weighted by molar-refractivity contribution is 5.84. The summed E-state index contributed by atoms with van der Waals surface area (Å²) in [6.45, 7) is 4.46. The number of benzene rings is 2. The lowest BCUT2D eigenvalue weighted by Crippen LogP contribution is -2.08. The molecule has 0 fully saturated rings. The zero-order chi connectivity index (χ0) is 35.9. The van der Waals surface area contributed by atoms with Crippen molar-refractivity contribution in [1.29, 1.82) is 0 Å². The van der Waals surface area contributed by atoms with Crippen LogP contribution in [-0.4, -0.2) is 20.2 Å². The maximum Gasteiger partial charge on any atom is 0.336 e. The third kappa shape index (κ3) is 19.4.